The lowest BCUT2D eigenvalue weighted by Crippen LogP contribution is -1.67. The number of aromatic nitrogens is 1. The summed E-state index contributed by atoms with van der Waals surface area (Å²) >= 11 is 1.86. The Morgan fingerprint density at radius 3 is 2.79 bits per heavy atom. The number of rotatable bonds is 0. The van der Waals surface area contributed by atoms with Crippen molar-refractivity contribution in [1.29, 1.82) is 0 Å². The van der Waals surface area contributed by atoms with Crippen molar-refractivity contribution in [2.75, 3.05) is 0 Å². The van der Waals surface area contributed by atoms with Gasteiger partial charge in [-0.3, -0.25) is 0 Å². The second kappa shape index (κ2) is 2.61. The average Bonchev–Trinajstić information content (AvgIpc) is 2.65. The van der Waals surface area contributed by atoms with E-state index in [9.17, 15) is 0 Å². The first-order chi connectivity index (χ1) is 6.74. The number of hydrogen-bond acceptors (Lipinski definition) is 1. The van der Waals surface area contributed by atoms with Gasteiger partial charge in [-0.2, -0.15) is 0 Å². The maximum absolute atomic E-state index is 3.36. The van der Waals surface area contributed by atoms with E-state index in [1.807, 2.05) is 11.3 Å². The Balaban J connectivity index is 2.58. The zero-order valence-electron chi connectivity index (χ0n) is 8.22. The van der Waals surface area contributed by atoms with Crippen LogP contribution in [0.1, 0.15) is 10.6 Å². The van der Waals surface area contributed by atoms with Crippen LogP contribution >= 0.6 is 11.3 Å². The minimum absolute atomic E-state index is 1.23. The van der Waals surface area contributed by atoms with Crippen molar-refractivity contribution in [3.05, 3.63) is 34.8 Å². The highest BCUT2D eigenvalue weighted by Gasteiger charge is 2.04. The fourth-order valence-electron chi connectivity index (χ4n) is 1.99. The van der Waals surface area contributed by atoms with Gasteiger partial charge >= 0.3 is 0 Å². The van der Waals surface area contributed by atoms with Gasteiger partial charge < -0.3 is 4.98 Å². The van der Waals surface area contributed by atoms with E-state index < -0.39 is 0 Å². The zero-order chi connectivity index (χ0) is 9.71. The number of H-pyrrole nitrogens is 1. The lowest BCUT2D eigenvalue weighted by atomic mass is 10.1. The minimum atomic E-state index is 1.23. The molecule has 1 N–H and O–H groups in total. The second-order valence-electron chi connectivity index (χ2n) is 3.75. The number of thiophene rings is 1. The quantitative estimate of drug-likeness (QED) is 0.566. The molecular formula is C12H11NS. The number of benzene rings is 1. The maximum atomic E-state index is 3.36. The first kappa shape index (κ1) is 8.06. The van der Waals surface area contributed by atoms with Crippen molar-refractivity contribution >= 4 is 32.3 Å². The molecule has 70 valence electrons. The molecule has 1 nitrogen and oxygen atoms in total. The Morgan fingerprint density at radius 2 is 1.93 bits per heavy atom. The van der Waals surface area contributed by atoms with Crippen LogP contribution in [0, 0.1) is 13.8 Å². The van der Waals surface area contributed by atoms with Crippen LogP contribution in [0.4, 0.5) is 0 Å². The van der Waals surface area contributed by atoms with Gasteiger partial charge in [-0.15, -0.1) is 11.3 Å². The van der Waals surface area contributed by atoms with Crippen LogP contribution in [0.15, 0.2) is 24.3 Å². The molecule has 0 amide bonds. The van der Waals surface area contributed by atoms with Crippen molar-refractivity contribution in [3.8, 4) is 0 Å². The molecule has 3 rings (SSSR count). The van der Waals surface area contributed by atoms with E-state index in [-0.39, 0.29) is 0 Å². The molecule has 0 bridgehead atoms. The SMILES string of the molecule is Cc1cc2c(ccc3sc(C)cc32)[nH]1. The molecule has 1 aromatic carbocycles. The van der Waals surface area contributed by atoms with Crippen LogP contribution < -0.4 is 0 Å². The maximum Gasteiger partial charge on any atom is 0.0463 e. The smallest absolute Gasteiger partial charge is 0.0463 e. The highest BCUT2D eigenvalue weighted by Crippen LogP contribution is 2.31. The van der Waals surface area contributed by atoms with Crippen molar-refractivity contribution in [3.63, 3.8) is 0 Å². The van der Waals surface area contributed by atoms with Crippen LogP contribution in [0.5, 0.6) is 0 Å². The van der Waals surface area contributed by atoms with Gasteiger partial charge in [-0.25, -0.2) is 0 Å². The first-order valence-electron chi connectivity index (χ1n) is 4.72. The highest BCUT2D eigenvalue weighted by atomic mass is 32.1. The molecule has 0 aliphatic carbocycles. The molecule has 0 aliphatic heterocycles. The molecule has 0 aliphatic rings. The molecule has 0 saturated heterocycles. The van der Waals surface area contributed by atoms with Crippen LogP contribution in [0.3, 0.4) is 0 Å². The molecule has 2 heteroatoms. The lowest BCUT2D eigenvalue weighted by Gasteiger charge is -1.90. The number of aryl methyl sites for hydroxylation is 2. The Hall–Kier alpha value is -1.28. The Morgan fingerprint density at radius 1 is 1.07 bits per heavy atom. The normalized spacial score (nSPS) is 11.6. The van der Waals surface area contributed by atoms with Crippen molar-refractivity contribution in [1.82, 2.24) is 4.98 Å². The van der Waals surface area contributed by atoms with E-state index in [4.69, 9.17) is 0 Å². The van der Waals surface area contributed by atoms with Gasteiger partial charge in [-0.1, -0.05) is 0 Å². The summed E-state index contributed by atoms with van der Waals surface area (Å²) in [4.78, 5) is 4.75. The third-order valence-electron chi connectivity index (χ3n) is 2.56. The Kier molecular flexibility index (Phi) is 1.50. The molecular weight excluding hydrogens is 190 g/mol. The lowest BCUT2D eigenvalue weighted by molar-refractivity contribution is 1.30. The first-order valence-corrected chi connectivity index (χ1v) is 5.54. The van der Waals surface area contributed by atoms with Gasteiger partial charge in [0, 0.05) is 31.6 Å². The van der Waals surface area contributed by atoms with E-state index in [1.165, 1.54) is 31.6 Å². The highest BCUT2D eigenvalue weighted by molar-refractivity contribution is 7.19. The number of hydrogen-bond donors (Lipinski definition) is 1. The van der Waals surface area contributed by atoms with Gasteiger partial charge in [0.25, 0.3) is 0 Å². The molecule has 14 heavy (non-hydrogen) atoms. The van der Waals surface area contributed by atoms with Gasteiger partial charge in [0.1, 0.15) is 0 Å². The number of fused-ring (bicyclic) bond motifs is 3. The predicted octanol–water partition coefficient (Wildman–Crippen LogP) is 4.00. The van der Waals surface area contributed by atoms with Gasteiger partial charge in [0.05, 0.1) is 0 Å². The molecule has 0 radical (unpaired) electrons. The zero-order valence-corrected chi connectivity index (χ0v) is 9.03. The van der Waals surface area contributed by atoms with E-state index in [0.717, 1.165) is 0 Å². The van der Waals surface area contributed by atoms with Gasteiger partial charge in [0.2, 0.25) is 0 Å². The molecule has 0 saturated carbocycles. The van der Waals surface area contributed by atoms with E-state index >= 15 is 0 Å². The molecule has 0 fully saturated rings. The summed E-state index contributed by atoms with van der Waals surface area (Å²) in [6.07, 6.45) is 0. The summed E-state index contributed by atoms with van der Waals surface area (Å²) < 4.78 is 1.38. The van der Waals surface area contributed by atoms with Crippen LogP contribution in [0.2, 0.25) is 0 Å². The minimum Gasteiger partial charge on any atom is -0.359 e. The summed E-state index contributed by atoms with van der Waals surface area (Å²) in [6.45, 7) is 4.26. The van der Waals surface area contributed by atoms with E-state index in [2.05, 4.69) is 43.1 Å². The molecule has 0 spiro atoms. The molecule has 3 aromatic rings. The average molecular weight is 201 g/mol. The van der Waals surface area contributed by atoms with Crippen LogP contribution in [-0.2, 0) is 0 Å². The second-order valence-corrected chi connectivity index (χ2v) is 5.04. The van der Waals surface area contributed by atoms with Gasteiger partial charge in [0.15, 0.2) is 0 Å². The molecule has 0 atom stereocenters. The fourth-order valence-corrected chi connectivity index (χ4v) is 2.93. The molecule has 2 heterocycles. The Bertz CT molecular complexity index is 560. The van der Waals surface area contributed by atoms with Crippen molar-refractivity contribution in [2.24, 2.45) is 0 Å². The standard InChI is InChI=1S/C12H11NS/c1-7-5-9-10-6-8(2)14-12(10)4-3-11(9)13-7/h3-6,13H,1-2H3. The summed E-state index contributed by atoms with van der Waals surface area (Å²) in [7, 11) is 0. The topological polar surface area (TPSA) is 15.8 Å². The summed E-state index contributed by atoms with van der Waals surface area (Å²) in [5.41, 5.74) is 2.48. The van der Waals surface area contributed by atoms with Crippen LogP contribution in [-0.4, -0.2) is 4.98 Å². The fraction of sp³-hybridized carbons (Fsp3) is 0.167. The van der Waals surface area contributed by atoms with E-state index in [0.29, 0.717) is 0 Å². The number of aromatic amines is 1. The Labute approximate surface area is 86.4 Å². The monoisotopic (exact) mass is 201 g/mol. The predicted molar refractivity (Wildman–Crippen MR) is 63.2 cm³/mol. The van der Waals surface area contributed by atoms with Crippen molar-refractivity contribution < 1.29 is 0 Å². The van der Waals surface area contributed by atoms with E-state index in [1.54, 1.807) is 0 Å². The summed E-state index contributed by atoms with van der Waals surface area (Å²) in [5.74, 6) is 0. The summed E-state index contributed by atoms with van der Waals surface area (Å²) in [6, 6.07) is 8.87. The van der Waals surface area contributed by atoms with Crippen LogP contribution in [0.25, 0.3) is 21.0 Å². The van der Waals surface area contributed by atoms with Gasteiger partial charge in [-0.05, 0) is 38.1 Å². The molecule has 0 unspecified atom stereocenters. The van der Waals surface area contributed by atoms with Crippen molar-refractivity contribution in [2.45, 2.75) is 13.8 Å². The summed E-state index contributed by atoms with van der Waals surface area (Å²) in [5, 5.41) is 2.73. The third kappa shape index (κ3) is 1.01. The largest absolute Gasteiger partial charge is 0.359 e. The third-order valence-corrected chi connectivity index (χ3v) is 3.57. The number of nitrogens with one attached hydrogen (secondary N) is 1. The molecule has 2 aromatic heterocycles.